The zero-order valence-corrected chi connectivity index (χ0v) is 12.2. The Morgan fingerprint density at radius 2 is 2.11 bits per heavy atom. The van der Waals surface area contributed by atoms with Crippen molar-refractivity contribution in [2.45, 2.75) is 61.6 Å². The smallest absolute Gasteiger partial charge is 0.153 e. The second kappa shape index (κ2) is 4.16. The van der Waals surface area contributed by atoms with E-state index in [0.717, 1.165) is 19.3 Å². The standard InChI is InChI=1S/C13H23NO4S/c1-19(16,17)11-3-2-6-13(11,15)12(8-14)7-9-4-5-10(12)18-9/h9-11,15H,2-8,14H2,1H3. The predicted molar refractivity (Wildman–Crippen MR) is 71.4 cm³/mol. The molecular weight excluding hydrogens is 266 g/mol. The molecule has 0 aromatic rings. The van der Waals surface area contributed by atoms with Gasteiger partial charge in [0.05, 0.1) is 23.1 Å². The Bertz CT molecular complexity index is 479. The molecule has 0 amide bonds. The van der Waals surface area contributed by atoms with E-state index < -0.39 is 26.1 Å². The van der Waals surface area contributed by atoms with Gasteiger partial charge in [0.25, 0.3) is 0 Å². The molecular formula is C13H23NO4S. The maximum absolute atomic E-state index is 12.0. The number of nitrogens with two attached hydrogens (primary N) is 1. The van der Waals surface area contributed by atoms with Crippen molar-refractivity contribution in [1.29, 1.82) is 0 Å². The third-order valence-corrected chi connectivity index (χ3v) is 7.28. The van der Waals surface area contributed by atoms with Gasteiger partial charge in [0.2, 0.25) is 0 Å². The Balaban J connectivity index is 2.03. The van der Waals surface area contributed by atoms with Crippen LogP contribution < -0.4 is 5.73 Å². The molecule has 0 aromatic carbocycles. The summed E-state index contributed by atoms with van der Waals surface area (Å²) < 4.78 is 29.9. The minimum absolute atomic E-state index is 0.0742. The lowest BCUT2D eigenvalue weighted by atomic mass is 9.62. The number of ether oxygens (including phenoxy) is 1. The molecule has 2 bridgehead atoms. The van der Waals surface area contributed by atoms with E-state index in [1.165, 1.54) is 6.26 Å². The van der Waals surface area contributed by atoms with E-state index >= 15 is 0 Å². The quantitative estimate of drug-likeness (QED) is 0.775. The number of hydrogen-bond donors (Lipinski definition) is 2. The summed E-state index contributed by atoms with van der Waals surface area (Å²) in [4.78, 5) is 0. The van der Waals surface area contributed by atoms with Crippen molar-refractivity contribution in [2.75, 3.05) is 12.8 Å². The highest BCUT2D eigenvalue weighted by atomic mass is 32.2. The molecule has 5 atom stereocenters. The summed E-state index contributed by atoms with van der Waals surface area (Å²) in [7, 11) is -3.27. The predicted octanol–water partition coefficient (Wildman–Crippen LogP) is 0.211. The first kappa shape index (κ1) is 13.8. The molecule has 3 rings (SSSR count). The second-order valence-corrected chi connectivity index (χ2v) is 8.75. The number of hydrogen-bond acceptors (Lipinski definition) is 5. The van der Waals surface area contributed by atoms with Gasteiger partial charge >= 0.3 is 0 Å². The van der Waals surface area contributed by atoms with E-state index in [1.54, 1.807) is 0 Å². The van der Waals surface area contributed by atoms with Crippen LogP contribution in [0.15, 0.2) is 0 Å². The summed E-state index contributed by atoms with van der Waals surface area (Å²) in [5.41, 5.74) is 4.21. The number of rotatable bonds is 3. The molecule has 2 heterocycles. The van der Waals surface area contributed by atoms with Crippen molar-refractivity contribution < 1.29 is 18.3 Å². The fourth-order valence-corrected chi connectivity index (χ4v) is 6.40. The van der Waals surface area contributed by atoms with Crippen LogP contribution in [0.2, 0.25) is 0 Å². The number of aliphatic hydroxyl groups is 1. The van der Waals surface area contributed by atoms with Crippen molar-refractivity contribution in [1.82, 2.24) is 0 Å². The van der Waals surface area contributed by atoms with Crippen molar-refractivity contribution in [3.8, 4) is 0 Å². The first-order valence-corrected chi connectivity index (χ1v) is 9.06. The molecule has 19 heavy (non-hydrogen) atoms. The molecule has 110 valence electrons. The van der Waals surface area contributed by atoms with Gasteiger partial charge in [0, 0.05) is 18.2 Å². The summed E-state index contributed by atoms with van der Waals surface area (Å²) in [5, 5.41) is 10.5. The third-order valence-electron chi connectivity index (χ3n) is 5.62. The van der Waals surface area contributed by atoms with Crippen LogP contribution in [0.25, 0.3) is 0 Å². The minimum atomic E-state index is -3.27. The molecule has 0 radical (unpaired) electrons. The molecule has 2 aliphatic heterocycles. The van der Waals surface area contributed by atoms with Gasteiger partial charge in [-0.3, -0.25) is 0 Å². The van der Waals surface area contributed by atoms with Gasteiger partial charge in [-0.25, -0.2) is 8.42 Å². The maximum atomic E-state index is 12.0. The Hall–Kier alpha value is -0.170. The summed E-state index contributed by atoms with van der Waals surface area (Å²) in [6, 6.07) is 0. The van der Waals surface area contributed by atoms with Gasteiger partial charge in [-0.05, 0) is 38.5 Å². The number of sulfone groups is 1. The van der Waals surface area contributed by atoms with Crippen LogP contribution in [-0.4, -0.2) is 49.4 Å². The van der Waals surface area contributed by atoms with Crippen molar-refractivity contribution >= 4 is 9.84 Å². The molecule has 0 aromatic heterocycles. The maximum Gasteiger partial charge on any atom is 0.153 e. The fraction of sp³-hybridized carbons (Fsp3) is 1.00. The van der Waals surface area contributed by atoms with E-state index in [4.69, 9.17) is 10.5 Å². The van der Waals surface area contributed by atoms with Crippen molar-refractivity contribution in [3.05, 3.63) is 0 Å². The molecule has 3 aliphatic rings. The van der Waals surface area contributed by atoms with E-state index in [1.807, 2.05) is 0 Å². The minimum Gasteiger partial charge on any atom is -0.388 e. The molecule has 0 spiro atoms. The van der Waals surface area contributed by atoms with Crippen LogP contribution in [0.4, 0.5) is 0 Å². The molecule has 5 unspecified atom stereocenters. The molecule has 2 saturated heterocycles. The highest BCUT2D eigenvalue weighted by molar-refractivity contribution is 7.91. The summed E-state index contributed by atoms with van der Waals surface area (Å²) >= 11 is 0. The van der Waals surface area contributed by atoms with Gasteiger partial charge in [-0.1, -0.05) is 0 Å². The van der Waals surface area contributed by atoms with E-state index in [9.17, 15) is 13.5 Å². The van der Waals surface area contributed by atoms with Gasteiger partial charge in [0.15, 0.2) is 9.84 Å². The normalized spacial score (nSPS) is 49.9. The molecule has 1 aliphatic carbocycles. The number of fused-ring (bicyclic) bond motifs is 2. The first-order chi connectivity index (χ1) is 8.83. The van der Waals surface area contributed by atoms with E-state index in [2.05, 4.69) is 0 Å². The first-order valence-electron chi connectivity index (χ1n) is 7.10. The van der Waals surface area contributed by atoms with Crippen LogP contribution in [-0.2, 0) is 14.6 Å². The molecule has 3 N–H and O–H groups in total. The van der Waals surface area contributed by atoms with Crippen LogP contribution in [0, 0.1) is 5.41 Å². The highest BCUT2D eigenvalue weighted by Crippen LogP contribution is 2.58. The monoisotopic (exact) mass is 289 g/mol. The third kappa shape index (κ3) is 1.73. The largest absolute Gasteiger partial charge is 0.388 e. The molecule has 3 fully saturated rings. The summed E-state index contributed by atoms with van der Waals surface area (Å²) in [6.07, 6.45) is 5.71. The highest BCUT2D eigenvalue weighted by Gasteiger charge is 2.67. The average molecular weight is 289 g/mol. The SMILES string of the molecule is CS(=O)(=O)C1CCCC1(O)C1(CN)CC2CCC1O2. The Morgan fingerprint density at radius 1 is 1.37 bits per heavy atom. The van der Waals surface area contributed by atoms with Crippen molar-refractivity contribution in [3.63, 3.8) is 0 Å². The Kier molecular flexibility index (Phi) is 3.02. The summed E-state index contributed by atoms with van der Waals surface area (Å²) in [5.74, 6) is 0. The van der Waals surface area contributed by atoms with Crippen molar-refractivity contribution in [2.24, 2.45) is 11.1 Å². The molecule has 6 heteroatoms. The van der Waals surface area contributed by atoms with Crippen LogP contribution >= 0.6 is 0 Å². The fourth-order valence-electron chi connectivity index (χ4n) is 4.74. The zero-order chi connectivity index (χ0) is 13.9. The Morgan fingerprint density at radius 3 is 2.58 bits per heavy atom. The lowest BCUT2D eigenvalue weighted by Crippen LogP contribution is -2.62. The van der Waals surface area contributed by atoms with Crippen LogP contribution in [0.5, 0.6) is 0 Å². The summed E-state index contributed by atoms with van der Waals surface area (Å²) in [6.45, 7) is 0.302. The van der Waals surface area contributed by atoms with Gasteiger partial charge < -0.3 is 15.6 Å². The van der Waals surface area contributed by atoms with Gasteiger partial charge in [-0.15, -0.1) is 0 Å². The zero-order valence-electron chi connectivity index (χ0n) is 11.3. The second-order valence-electron chi connectivity index (χ2n) is 6.52. The van der Waals surface area contributed by atoms with Gasteiger partial charge in [0.1, 0.15) is 0 Å². The van der Waals surface area contributed by atoms with E-state index in [0.29, 0.717) is 25.8 Å². The van der Waals surface area contributed by atoms with Crippen LogP contribution in [0.1, 0.15) is 38.5 Å². The Labute approximate surface area is 114 Å². The van der Waals surface area contributed by atoms with Gasteiger partial charge in [-0.2, -0.15) is 0 Å². The van der Waals surface area contributed by atoms with E-state index in [-0.39, 0.29) is 12.2 Å². The lowest BCUT2D eigenvalue weighted by Gasteiger charge is -2.48. The topological polar surface area (TPSA) is 89.6 Å². The van der Waals surface area contributed by atoms with Crippen LogP contribution in [0.3, 0.4) is 0 Å². The molecule has 5 nitrogen and oxygen atoms in total. The average Bonchev–Trinajstić information content (AvgIpc) is 3.00. The molecule has 1 saturated carbocycles. The lowest BCUT2D eigenvalue weighted by molar-refractivity contribution is -0.104.